The minimum absolute atomic E-state index is 0.111. The Bertz CT molecular complexity index is 410. The summed E-state index contributed by atoms with van der Waals surface area (Å²) < 4.78 is 13.4. The maximum Gasteiger partial charge on any atom is 0.123 e. The number of aryl methyl sites for hydroxylation is 1. The molecule has 0 amide bonds. The van der Waals surface area contributed by atoms with Gasteiger partial charge in [-0.15, -0.1) is 0 Å². The highest BCUT2D eigenvalue weighted by atomic mass is 19.1. The molecule has 0 aromatic heterocycles. The Labute approximate surface area is 137 Å². The maximum atomic E-state index is 13.4. The van der Waals surface area contributed by atoms with E-state index in [4.69, 9.17) is 0 Å². The summed E-state index contributed by atoms with van der Waals surface area (Å²) >= 11 is 0. The van der Waals surface area contributed by atoms with Crippen LogP contribution in [0.4, 0.5) is 4.39 Å². The van der Waals surface area contributed by atoms with Crippen LogP contribution in [0, 0.1) is 12.7 Å². The Morgan fingerprint density at radius 3 is 1.86 bits per heavy atom. The largest absolute Gasteiger partial charge is 0.207 e. The maximum absolute atomic E-state index is 13.4. The van der Waals surface area contributed by atoms with Gasteiger partial charge in [0.25, 0.3) is 0 Å². The van der Waals surface area contributed by atoms with Crippen molar-refractivity contribution in [2.45, 2.75) is 97.3 Å². The minimum atomic E-state index is -0.111. The monoisotopic (exact) mass is 306 g/mol. The molecule has 0 atom stereocenters. The molecule has 0 saturated carbocycles. The lowest BCUT2D eigenvalue weighted by molar-refractivity contribution is 0.362. The molecule has 0 heterocycles. The van der Waals surface area contributed by atoms with Crippen molar-refractivity contribution < 1.29 is 4.39 Å². The van der Waals surface area contributed by atoms with Crippen molar-refractivity contribution in [3.63, 3.8) is 0 Å². The Balaban J connectivity index is 2.79. The molecule has 0 unspecified atom stereocenters. The summed E-state index contributed by atoms with van der Waals surface area (Å²) in [6.07, 6.45) is 12.9. The fraction of sp³-hybridized carbons (Fsp3) is 0.714. The van der Waals surface area contributed by atoms with E-state index >= 15 is 0 Å². The van der Waals surface area contributed by atoms with E-state index in [1.807, 2.05) is 6.07 Å². The molecule has 126 valence electrons. The zero-order valence-electron chi connectivity index (χ0n) is 15.2. The Morgan fingerprint density at radius 2 is 1.41 bits per heavy atom. The van der Waals surface area contributed by atoms with Crippen molar-refractivity contribution in [2.75, 3.05) is 0 Å². The van der Waals surface area contributed by atoms with Crippen molar-refractivity contribution in [3.8, 4) is 0 Å². The van der Waals surface area contributed by atoms with E-state index < -0.39 is 0 Å². The first-order valence-electron chi connectivity index (χ1n) is 9.30. The van der Waals surface area contributed by atoms with Crippen molar-refractivity contribution in [1.29, 1.82) is 0 Å². The van der Waals surface area contributed by atoms with E-state index in [9.17, 15) is 4.39 Å². The normalized spacial score (nSPS) is 11.9. The van der Waals surface area contributed by atoms with Crippen LogP contribution in [0.1, 0.15) is 96.1 Å². The van der Waals surface area contributed by atoms with Gasteiger partial charge in [0, 0.05) is 0 Å². The number of benzene rings is 1. The average Bonchev–Trinajstić information content (AvgIpc) is 2.48. The third-order valence-electron chi connectivity index (χ3n) is 5.00. The molecule has 0 aliphatic carbocycles. The van der Waals surface area contributed by atoms with Crippen LogP contribution in [0.3, 0.4) is 0 Å². The van der Waals surface area contributed by atoms with Crippen LogP contribution in [0.15, 0.2) is 18.2 Å². The summed E-state index contributed by atoms with van der Waals surface area (Å²) in [6, 6.07) is 5.37. The average molecular weight is 307 g/mol. The van der Waals surface area contributed by atoms with Crippen LogP contribution in [0.25, 0.3) is 0 Å². The first kappa shape index (κ1) is 19.2. The summed E-state index contributed by atoms with van der Waals surface area (Å²) in [4.78, 5) is 0. The van der Waals surface area contributed by atoms with Gasteiger partial charge in [-0.3, -0.25) is 0 Å². The van der Waals surface area contributed by atoms with Crippen LogP contribution in [0.2, 0.25) is 0 Å². The van der Waals surface area contributed by atoms with Gasteiger partial charge in [0.2, 0.25) is 0 Å². The highest BCUT2D eigenvalue weighted by molar-refractivity contribution is 5.33. The van der Waals surface area contributed by atoms with Crippen LogP contribution < -0.4 is 0 Å². The van der Waals surface area contributed by atoms with Gasteiger partial charge >= 0.3 is 0 Å². The lowest BCUT2D eigenvalue weighted by Crippen LogP contribution is -2.23. The molecule has 0 fully saturated rings. The molecule has 0 aliphatic heterocycles. The smallest absolute Gasteiger partial charge is 0.123 e. The van der Waals surface area contributed by atoms with Crippen molar-refractivity contribution >= 4 is 0 Å². The molecule has 1 rings (SSSR count). The van der Waals surface area contributed by atoms with Crippen molar-refractivity contribution in [1.82, 2.24) is 0 Å². The number of rotatable bonds is 11. The summed E-state index contributed by atoms with van der Waals surface area (Å²) in [6.45, 7) is 8.97. The van der Waals surface area contributed by atoms with Gasteiger partial charge in [0.1, 0.15) is 5.82 Å². The van der Waals surface area contributed by atoms with Gasteiger partial charge in [-0.1, -0.05) is 78.2 Å². The molecular weight excluding hydrogens is 271 g/mol. The second kappa shape index (κ2) is 10.0. The zero-order chi connectivity index (χ0) is 16.4. The molecule has 22 heavy (non-hydrogen) atoms. The first-order chi connectivity index (χ1) is 10.5. The number of unbranched alkanes of at least 4 members (excludes halogenated alkanes) is 6. The molecular formula is C21H35F. The highest BCUT2D eigenvalue weighted by Crippen LogP contribution is 2.37. The van der Waals surface area contributed by atoms with E-state index in [1.165, 1.54) is 69.8 Å². The molecule has 0 nitrogen and oxygen atoms in total. The zero-order valence-corrected chi connectivity index (χ0v) is 15.2. The predicted octanol–water partition coefficient (Wildman–Crippen LogP) is 7.33. The minimum Gasteiger partial charge on any atom is -0.207 e. The van der Waals surface area contributed by atoms with Crippen LogP contribution >= 0.6 is 0 Å². The second-order valence-corrected chi connectivity index (χ2v) is 7.14. The lowest BCUT2D eigenvalue weighted by Gasteiger charge is -2.32. The Hall–Kier alpha value is -0.850. The van der Waals surface area contributed by atoms with Crippen molar-refractivity contribution in [2.24, 2.45) is 0 Å². The Morgan fingerprint density at radius 1 is 0.864 bits per heavy atom. The summed E-state index contributed by atoms with van der Waals surface area (Å²) in [5, 5.41) is 0. The number of halogens is 1. The van der Waals surface area contributed by atoms with Crippen LogP contribution in [-0.2, 0) is 5.41 Å². The van der Waals surface area contributed by atoms with Crippen molar-refractivity contribution in [3.05, 3.63) is 35.1 Å². The molecule has 0 spiro atoms. The van der Waals surface area contributed by atoms with Gasteiger partial charge < -0.3 is 0 Å². The molecule has 0 aliphatic rings. The van der Waals surface area contributed by atoms with Gasteiger partial charge in [-0.05, 0) is 48.4 Å². The van der Waals surface area contributed by atoms with E-state index in [0.717, 1.165) is 5.56 Å². The van der Waals surface area contributed by atoms with Gasteiger partial charge in [0.15, 0.2) is 0 Å². The van der Waals surface area contributed by atoms with Gasteiger partial charge in [-0.2, -0.15) is 0 Å². The van der Waals surface area contributed by atoms with Crippen LogP contribution in [0.5, 0.6) is 0 Å². The SMILES string of the molecule is CCCCCCC(C)(CCCCCC)c1ccc(F)cc1C. The highest BCUT2D eigenvalue weighted by Gasteiger charge is 2.27. The quantitative estimate of drug-likeness (QED) is 0.375. The molecule has 0 N–H and O–H groups in total. The molecule has 1 aromatic carbocycles. The summed E-state index contributed by atoms with van der Waals surface area (Å²) in [7, 11) is 0. The number of hydrogen-bond acceptors (Lipinski definition) is 0. The first-order valence-corrected chi connectivity index (χ1v) is 9.30. The third-order valence-corrected chi connectivity index (χ3v) is 5.00. The predicted molar refractivity (Wildman–Crippen MR) is 96.0 cm³/mol. The van der Waals surface area contributed by atoms with Gasteiger partial charge in [0.05, 0.1) is 0 Å². The third kappa shape index (κ3) is 6.10. The Kier molecular flexibility index (Phi) is 8.75. The molecule has 0 bridgehead atoms. The number of hydrogen-bond donors (Lipinski definition) is 0. The van der Waals surface area contributed by atoms with E-state index in [1.54, 1.807) is 12.1 Å². The van der Waals surface area contributed by atoms with Crippen LogP contribution in [-0.4, -0.2) is 0 Å². The summed E-state index contributed by atoms with van der Waals surface area (Å²) in [5.41, 5.74) is 2.69. The molecule has 0 radical (unpaired) electrons. The summed E-state index contributed by atoms with van der Waals surface area (Å²) in [5.74, 6) is -0.111. The van der Waals surface area contributed by atoms with E-state index in [0.29, 0.717) is 0 Å². The topological polar surface area (TPSA) is 0 Å². The van der Waals surface area contributed by atoms with E-state index in [-0.39, 0.29) is 11.2 Å². The second-order valence-electron chi connectivity index (χ2n) is 7.14. The fourth-order valence-electron chi connectivity index (χ4n) is 3.58. The standard InChI is InChI=1S/C21H35F/c1-5-7-9-11-15-21(4,16-12-10-8-6-2)20-14-13-19(22)17-18(20)3/h13-14,17H,5-12,15-16H2,1-4H3. The van der Waals surface area contributed by atoms with Gasteiger partial charge in [-0.25, -0.2) is 4.39 Å². The molecule has 1 aromatic rings. The fourth-order valence-corrected chi connectivity index (χ4v) is 3.58. The molecule has 0 saturated heterocycles. The van der Waals surface area contributed by atoms with E-state index in [2.05, 4.69) is 27.7 Å². The molecule has 1 heteroatoms. The lowest BCUT2D eigenvalue weighted by atomic mass is 9.72.